The van der Waals surface area contributed by atoms with Crippen LogP contribution in [0, 0.1) is 0 Å². The highest BCUT2D eigenvalue weighted by molar-refractivity contribution is 5.90. The Labute approximate surface area is 72.1 Å². The molecule has 1 aliphatic rings. The molecule has 64 valence electrons. The number of rotatable bonds is 0. The fraction of sp³-hybridized carbons (Fsp3) is 0.143. The first-order chi connectivity index (χ1) is 6.36. The van der Waals surface area contributed by atoms with Gasteiger partial charge in [0.15, 0.2) is 11.3 Å². The van der Waals surface area contributed by atoms with Crippen LogP contribution in [0.3, 0.4) is 0 Å². The van der Waals surface area contributed by atoms with Gasteiger partial charge in [-0.2, -0.15) is 5.10 Å². The molecule has 0 saturated carbocycles. The van der Waals surface area contributed by atoms with E-state index in [0.717, 1.165) is 0 Å². The average molecular weight is 176 g/mol. The molecule has 0 radical (unpaired) electrons. The molecule has 13 heavy (non-hydrogen) atoms. The van der Waals surface area contributed by atoms with E-state index in [1.54, 1.807) is 16.8 Å². The van der Waals surface area contributed by atoms with Crippen LogP contribution in [0.15, 0.2) is 12.3 Å². The number of fused-ring (bicyclic) bond motifs is 3. The van der Waals surface area contributed by atoms with Crippen LogP contribution in [-0.4, -0.2) is 25.8 Å². The predicted octanol–water partition coefficient (Wildman–Crippen LogP) is -0.205. The van der Waals surface area contributed by atoms with Crippen molar-refractivity contribution in [3.63, 3.8) is 0 Å². The van der Waals surface area contributed by atoms with Gasteiger partial charge in [-0.1, -0.05) is 0 Å². The summed E-state index contributed by atoms with van der Waals surface area (Å²) >= 11 is 0. The molecule has 2 aromatic rings. The van der Waals surface area contributed by atoms with E-state index in [1.807, 2.05) is 0 Å². The van der Waals surface area contributed by atoms with Gasteiger partial charge in [0.1, 0.15) is 12.3 Å². The fourth-order valence-corrected chi connectivity index (χ4v) is 1.33. The van der Waals surface area contributed by atoms with E-state index in [4.69, 9.17) is 4.74 Å². The van der Waals surface area contributed by atoms with Gasteiger partial charge in [0.05, 0.1) is 6.20 Å². The minimum absolute atomic E-state index is 0.224. The number of cyclic esters (lactones) is 1. The third-order valence-electron chi connectivity index (χ3n) is 1.94. The summed E-state index contributed by atoms with van der Waals surface area (Å²) in [7, 11) is 0. The molecule has 0 N–H and O–H groups in total. The van der Waals surface area contributed by atoms with Gasteiger partial charge in [0.25, 0.3) is 0 Å². The minimum atomic E-state index is -0.431. The molecule has 3 heterocycles. The summed E-state index contributed by atoms with van der Waals surface area (Å²) in [5.74, 6) is -0.431. The highest BCUT2D eigenvalue weighted by Gasteiger charge is 2.26. The Bertz CT molecular complexity index is 504. The third-order valence-corrected chi connectivity index (χ3v) is 1.94. The van der Waals surface area contributed by atoms with E-state index in [0.29, 0.717) is 11.3 Å². The Kier molecular flexibility index (Phi) is 1.02. The summed E-state index contributed by atoms with van der Waals surface area (Å²) in [5, 5.41) is 11.6. The lowest BCUT2D eigenvalue weighted by atomic mass is 10.4. The Balaban J connectivity index is 2.45. The van der Waals surface area contributed by atoms with E-state index in [-0.39, 0.29) is 12.3 Å². The summed E-state index contributed by atoms with van der Waals surface area (Å²) in [6.45, 7) is 0.224. The quantitative estimate of drug-likeness (QED) is 0.519. The zero-order chi connectivity index (χ0) is 8.84. The van der Waals surface area contributed by atoms with E-state index in [1.165, 1.54) is 0 Å². The molecule has 6 nitrogen and oxygen atoms in total. The molecule has 0 bridgehead atoms. The lowest BCUT2D eigenvalue weighted by Gasteiger charge is -1.95. The van der Waals surface area contributed by atoms with Crippen molar-refractivity contribution in [3.05, 3.63) is 23.7 Å². The maximum absolute atomic E-state index is 11.1. The molecule has 2 aromatic heterocycles. The standard InChI is InChI=1S/C7H4N4O2/c12-7-6-4(3-13-7)11-5(9-10-6)1-2-8-11/h1-2H,3H2. The number of hydrogen-bond acceptors (Lipinski definition) is 5. The second-order valence-electron chi connectivity index (χ2n) is 2.67. The first-order valence-electron chi connectivity index (χ1n) is 3.73. The van der Waals surface area contributed by atoms with Gasteiger partial charge in [0, 0.05) is 6.07 Å². The normalized spacial score (nSPS) is 14.6. The molecule has 3 rings (SSSR count). The lowest BCUT2D eigenvalue weighted by Crippen LogP contribution is -2.05. The van der Waals surface area contributed by atoms with Gasteiger partial charge >= 0.3 is 5.97 Å². The van der Waals surface area contributed by atoms with E-state index in [9.17, 15) is 4.79 Å². The second kappa shape index (κ2) is 2.03. The molecule has 0 amide bonds. The molecule has 0 unspecified atom stereocenters. The van der Waals surface area contributed by atoms with Crippen molar-refractivity contribution >= 4 is 11.6 Å². The number of carbonyl (C=O) groups is 1. The number of carbonyl (C=O) groups excluding carboxylic acids is 1. The average Bonchev–Trinajstić information content (AvgIpc) is 2.70. The van der Waals surface area contributed by atoms with Gasteiger partial charge in [-0.3, -0.25) is 0 Å². The number of aromatic nitrogens is 4. The fourth-order valence-electron chi connectivity index (χ4n) is 1.33. The van der Waals surface area contributed by atoms with Crippen LogP contribution in [0.2, 0.25) is 0 Å². The van der Waals surface area contributed by atoms with Crippen LogP contribution in [0.25, 0.3) is 5.65 Å². The van der Waals surface area contributed by atoms with Gasteiger partial charge < -0.3 is 4.74 Å². The van der Waals surface area contributed by atoms with E-state index in [2.05, 4.69) is 15.3 Å². The summed E-state index contributed by atoms with van der Waals surface area (Å²) in [5.41, 5.74) is 1.55. The summed E-state index contributed by atoms with van der Waals surface area (Å²) in [6.07, 6.45) is 1.60. The number of esters is 1. The van der Waals surface area contributed by atoms with Crippen LogP contribution in [-0.2, 0) is 11.3 Å². The van der Waals surface area contributed by atoms with Crippen molar-refractivity contribution in [1.82, 2.24) is 19.8 Å². The molecular formula is C7H4N4O2. The third kappa shape index (κ3) is 0.715. The molecule has 0 saturated heterocycles. The Morgan fingerprint density at radius 1 is 1.46 bits per heavy atom. The SMILES string of the molecule is O=C1OCc2c1nnc1ccnn21. The van der Waals surface area contributed by atoms with Crippen LogP contribution in [0.1, 0.15) is 16.2 Å². The number of hydrogen-bond donors (Lipinski definition) is 0. The van der Waals surface area contributed by atoms with E-state index < -0.39 is 5.97 Å². The van der Waals surface area contributed by atoms with E-state index >= 15 is 0 Å². The monoisotopic (exact) mass is 176 g/mol. The molecule has 0 spiro atoms. The van der Waals surface area contributed by atoms with Crippen molar-refractivity contribution in [2.24, 2.45) is 0 Å². The Morgan fingerprint density at radius 2 is 2.38 bits per heavy atom. The van der Waals surface area contributed by atoms with Crippen molar-refractivity contribution in [2.45, 2.75) is 6.61 Å². The molecular weight excluding hydrogens is 172 g/mol. The molecule has 0 atom stereocenters. The van der Waals surface area contributed by atoms with Gasteiger partial charge in [-0.25, -0.2) is 9.31 Å². The zero-order valence-electron chi connectivity index (χ0n) is 6.47. The maximum Gasteiger partial charge on any atom is 0.361 e. The van der Waals surface area contributed by atoms with Gasteiger partial charge in [0.2, 0.25) is 0 Å². The molecule has 0 aromatic carbocycles. The van der Waals surface area contributed by atoms with Gasteiger partial charge in [-0.15, -0.1) is 10.2 Å². The highest BCUT2D eigenvalue weighted by atomic mass is 16.5. The smallest absolute Gasteiger partial charge is 0.361 e. The first kappa shape index (κ1) is 6.53. The number of nitrogens with zero attached hydrogens (tertiary/aromatic N) is 4. The maximum atomic E-state index is 11.1. The first-order valence-corrected chi connectivity index (χ1v) is 3.73. The van der Waals surface area contributed by atoms with Crippen molar-refractivity contribution < 1.29 is 9.53 Å². The summed E-state index contributed by atoms with van der Waals surface area (Å²) in [6, 6.07) is 1.72. The molecule has 0 fully saturated rings. The van der Waals surface area contributed by atoms with Crippen molar-refractivity contribution in [3.8, 4) is 0 Å². The Hall–Kier alpha value is -1.98. The minimum Gasteiger partial charge on any atom is -0.454 e. The highest BCUT2D eigenvalue weighted by Crippen LogP contribution is 2.16. The summed E-state index contributed by atoms with van der Waals surface area (Å²) < 4.78 is 6.36. The van der Waals surface area contributed by atoms with Crippen molar-refractivity contribution in [1.29, 1.82) is 0 Å². The molecule has 0 aliphatic carbocycles. The zero-order valence-corrected chi connectivity index (χ0v) is 6.47. The number of ether oxygens (including phenoxy) is 1. The van der Waals surface area contributed by atoms with Crippen molar-refractivity contribution in [2.75, 3.05) is 0 Å². The predicted molar refractivity (Wildman–Crippen MR) is 39.9 cm³/mol. The Morgan fingerprint density at radius 3 is 3.31 bits per heavy atom. The lowest BCUT2D eigenvalue weighted by molar-refractivity contribution is 0.0528. The van der Waals surface area contributed by atoms with Crippen LogP contribution >= 0.6 is 0 Å². The molecule has 6 heteroatoms. The second-order valence-corrected chi connectivity index (χ2v) is 2.67. The largest absolute Gasteiger partial charge is 0.454 e. The summed E-state index contributed by atoms with van der Waals surface area (Å²) in [4.78, 5) is 11.1. The topological polar surface area (TPSA) is 69.4 Å². The van der Waals surface area contributed by atoms with Gasteiger partial charge in [-0.05, 0) is 0 Å². The van der Waals surface area contributed by atoms with Crippen LogP contribution < -0.4 is 0 Å². The van der Waals surface area contributed by atoms with Crippen LogP contribution in [0.5, 0.6) is 0 Å². The molecule has 1 aliphatic heterocycles. The van der Waals surface area contributed by atoms with Crippen LogP contribution in [0.4, 0.5) is 0 Å².